The van der Waals surface area contributed by atoms with Crippen LogP contribution in [0.25, 0.3) is 6.08 Å². The van der Waals surface area contributed by atoms with E-state index in [-0.39, 0.29) is 16.9 Å². The topological polar surface area (TPSA) is 43.4 Å². The van der Waals surface area contributed by atoms with E-state index in [1.54, 1.807) is 54.6 Å². The molecule has 3 aromatic carbocycles. The lowest BCUT2D eigenvalue weighted by molar-refractivity contribution is 0.0733. The Labute approximate surface area is 171 Å². The zero-order valence-electron chi connectivity index (χ0n) is 16.9. The Morgan fingerprint density at radius 3 is 2.07 bits per heavy atom. The summed E-state index contributed by atoms with van der Waals surface area (Å²) in [5.41, 5.74) is 3.03. The molecule has 0 fully saturated rings. The van der Waals surface area contributed by atoms with E-state index >= 15 is 0 Å². The lowest BCUT2D eigenvalue weighted by Gasteiger charge is -2.18. The Balaban J connectivity index is 1.76. The summed E-state index contributed by atoms with van der Waals surface area (Å²) in [6, 6.07) is 23.6. The van der Waals surface area contributed by atoms with E-state index in [0.717, 1.165) is 5.56 Å². The van der Waals surface area contributed by atoms with Crippen LogP contribution in [0.1, 0.15) is 52.6 Å². The van der Waals surface area contributed by atoms with Crippen molar-refractivity contribution in [1.82, 2.24) is 0 Å². The second kappa shape index (κ2) is 8.70. The van der Waals surface area contributed by atoms with Crippen LogP contribution in [0, 0.1) is 0 Å². The Bertz CT molecular complexity index is 1020. The molecule has 3 heteroatoms. The molecular weight excluding hydrogens is 360 g/mol. The summed E-state index contributed by atoms with van der Waals surface area (Å²) >= 11 is 0. The molecule has 0 aromatic heterocycles. The zero-order chi connectivity index (χ0) is 20.9. The summed E-state index contributed by atoms with van der Waals surface area (Å²) in [7, 11) is 0. The molecule has 0 aliphatic heterocycles. The molecule has 29 heavy (non-hydrogen) atoms. The first-order valence-corrected chi connectivity index (χ1v) is 9.54. The molecule has 0 atom stereocenters. The number of carbonyl (C=O) groups excluding carboxylic acids is 2. The first-order valence-electron chi connectivity index (χ1n) is 9.54. The molecule has 146 valence electrons. The summed E-state index contributed by atoms with van der Waals surface area (Å²) in [5.74, 6) is -0.465. The Morgan fingerprint density at radius 2 is 1.41 bits per heavy atom. The van der Waals surface area contributed by atoms with Gasteiger partial charge in [0, 0.05) is 0 Å². The Morgan fingerprint density at radius 1 is 0.793 bits per heavy atom. The standard InChI is InChI=1S/C26H24O3/c1-26(2,3)21-16-13-19(14-17-21)15-18-23(27)22-11-7-8-12-24(22)29-25(28)20-9-5-4-6-10-20/h4-18H,1-3H3/b18-15+. The van der Waals surface area contributed by atoms with Gasteiger partial charge in [-0.2, -0.15) is 0 Å². The maximum absolute atomic E-state index is 12.7. The van der Waals surface area contributed by atoms with Gasteiger partial charge in [-0.1, -0.05) is 81.4 Å². The molecule has 0 aliphatic rings. The third kappa shape index (κ3) is 5.29. The number of ketones is 1. The molecule has 3 rings (SSSR count). The molecule has 3 nitrogen and oxygen atoms in total. The third-order valence-corrected chi connectivity index (χ3v) is 4.57. The monoisotopic (exact) mass is 384 g/mol. The molecule has 0 saturated carbocycles. The second-order valence-electron chi connectivity index (χ2n) is 7.82. The minimum Gasteiger partial charge on any atom is -0.422 e. The predicted octanol–water partition coefficient (Wildman–Crippen LogP) is 6.10. The maximum Gasteiger partial charge on any atom is 0.343 e. The molecule has 0 bridgehead atoms. The summed E-state index contributed by atoms with van der Waals surface area (Å²) in [4.78, 5) is 25.0. The normalized spacial score (nSPS) is 11.4. The third-order valence-electron chi connectivity index (χ3n) is 4.57. The molecule has 0 spiro atoms. The quantitative estimate of drug-likeness (QED) is 0.231. The van der Waals surface area contributed by atoms with Crippen LogP contribution >= 0.6 is 0 Å². The Hall–Kier alpha value is -3.46. The van der Waals surface area contributed by atoms with E-state index in [4.69, 9.17) is 4.74 Å². The average Bonchev–Trinajstić information content (AvgIpc) is 2.72. The molecule has 0 amide bonds. The highest BCUT2D eigenvalue weighted by atomic mass is 16.5. The van der Waals surface area contributed by atoms with E-state index in [1.807, 2.05) is 18.2 Å². The SMILES string of the molecule is CC(C)(C)c1ccc(/C=C/C(=O)c2ccccc2OC(=O)c2ccccc2)cc1. The molecular formula is C26H24O3. The molecule has 0 aliphatic carbocycles. The van der Waals surface area contributed by atoms with Gasteiger partial charge in [-0.3, -0.25) is 4.79 Å². The van der Waals surface area contributed by atoms with Crippen molar-refractivity contribution in [2.24, 2.45) is 0 Å². The van der Waals surface area contributed by atoms with Gasteiger partial charge in [-0.25, -0.2) is 4.79 Å². The van der Waals surface area contributed by atoms with E-state index in [1.165, 1.54) is 11.6 Å². The van der Waals surface area contributed by atoms with Gasteiger partial charge in [0.25, 0.3) is 0 Å². The second-order valence-corrected chi connectivity index (χ2v) is 7.82. The maximum atomic E-state index is 12.7. The molecule has 0 N–H and O–H groups in total. The number of para-hydroxylation sites is 1. The lowest BCUT2D eigenvalue weighted by atomic mass is 9.87. The number of benzene rings is 3. The summed E-state index contributed by atoms with van der Waals surface area (Å²) in [6.07, 6.45) is 3.27. The summed E-state index contributed by atoms with van der Waals surface area (Å²) in [6.45, 7) is 6.49. The van der Waals surface area contributed by atoms with Gasteiger partial charge in [-0.05, 0) is 46.9 Å². The van der Waals surface area contributed by atoms with Gasteiger partial charge >= 0.3 is 5.97 Å². The number of hydrogen-bond donors (Lipinski definition) is 0. The van der Waals surface area contributed by atoms with Gasteiger partial charge < -0.3 is 4.74 Å². The van der Waals surface area contributed by atoms with Crippen molar-refractivity contribution in [3.8, 4) is 5.75 Å². The Kier molecular flexibility index (Phi) is 6.08. The van der Waals surface area contributed by atoms with Crippen LogP contribution in [-0.2, 0) is 5.41 Å². The molecule has 0 radical (unpaired) electrons. The smallest absolute Gasteiger partial charge is 0.343 e. The first-order chi connectivity index (χ1) is 13.8. The van der Waals surface area contributed by atoms with Gasteiger partial charge in [0.2, 0.25) is 0 Å². The van der Waals surface area contributed by atoms with Crippen LogP contribution < -0.4 is 4.74 Å². The van der Waals surface area contributed by atoms with Crippen LogP contribution in [0.2, 0.25) is 0 Å². The van der Waals surface area contributed by atoms with Gasteiger partial charge in [0.15, 0.2) is 5.78 Å². The van der Waals surface area contributed by atoms with Crippen molar-refractivity contribution in [2.75, 3.05) is 0 Å². The van der Waals surface area contributed by atoms with Gasteiger partial charge in [0.05, 0.1) is 11.1 Å². The minimum atomic E-state index is -0.493. The number of hydrogen-bond acceptors (Lipinski definition) is 3. The first kappa shape index (κ1) is 20.3. The predicted molar refractivity (Wildman–Crippen MR) is 116 cm³/mol. The van der Waals surface area contributed by atoms with E-state index < -0.39 is 5.97 Å². The van der Waals surface area contributed by atoms with Gasteiger partial charge in [-0.15, -0.1) is 0 Å². The van der Waals surface area contributed by atoms with Crippen LogP contribution in [0.4, 0.5) is 0 Å². The molecule has 0 saturated heterocycles. The number of allylic oxidation sites excluding steroid dienone is 1. The van der Waals surface area contributed by atoms with Crippen molar-refractivity contribution >= 4 is 17.8 Å². The highest BCUT2D eigenvalue weighted by Crippen LogP contribution is 2.23. The summed E-state index contributed by atoms with van der Waals surface area (Å²) < 4.78 is 5.46. The number of carbonyl (C=O) groups is 2. The van der Waals surface area contributed by atoms with Crippen LogP contribution in [0.5, 0.6) is 5.75 Å². The fraction of sp³-hybridized carbons (Fsp3) is 0.154. The van der Waals surface area contributed by atoms with E-state index in [2.05, 4.69) is 32.9 Å². The largest absolute Gasteiger partial charge is 0.422 e. The van der Waals surface area contributed by atoms with Gasteiger partial charge in [0.1, 0.15) is 5.75 Å². The van der Waals surface area contributed by atoms with Crippen molar-refractivity contribution in [3.05, 3.63) is 107 Å². The van der Waals surface area contributed by atoms with Crippen molar-refractivity contribution in [3.63, 3.8) is 0 Å². The minimum absolute atomic E-state index is 0.0830. The van der Waals surface area contributed by atoms with Crippen molar-refractivity contribution < 1.29 is 14.3 Å². The van der Waals surface area contributed by atoms with Crippen LogP contribution in [0.15, 0.2) is 84.9 Å². The summed E-state index contributed by atoms with van der Waals surface area (Å²) in [5, 5.41) is 0. The van der Waals surface area contributed by atoms with E-state index in [9.17, 15) is 9.59 Å². The van der Waals surface area contributed by atoms with Crippen molar-refractivity contribution in [2.45, 2.75) is 26.2 Å². The fourth-order valence-corrected chi connectivity index (χ4v) is 2.85. The van der Waals surface area contributed by atoms with Crippen molar-refractivity contribution in [1.29, 1.82) is 0 Å². The average molecular weight is 384 g/mol. The number of ether oxygens (including phenoxy) is 1. The molecule has 0 unspecified atom stereocenters. The number of rotatable bonds is 5. The highest BCUT2D eigenvalue weighted by Gasteiger charge is 2.15. The number of esters is 1. The van der Waals surface area contributed by atoms with Crippen LogP contribution in [-0.4, -0.2) is 11.8 Å². The molecule has 3 aromatic rings. The lowest BCUT2D eigenvalue weighted by Crippen LogP contribution is -2.11. The molecule has 0 heterocycles. The van der Waals surface area contributed by atoms with Crippen LogP contribution in [0.3, 0.4) is 0 Å². The zero-order valence-corrected chi connectivity index (χ0v) is 16.9. The fourth-order valence-electron chi connectivity index (χ4n) is 2.85. The highest BCUT2D eigenvalue weighted by molar-refractivity contribution is 6.09. The van der Waals surface area contributed by atoms with E-state index in [0.29, 0.717) is 11.1 Å².